The minimum atomic E-state index is -2.01. The van der Waals surface area contributed by atoms with Crippen molar-refractivity contribution in [1.82, 2.24) is 0 Å². The molecule has 0 aliphatic rings. The average Bonchev–Trinajstić information content (AvgIpc) is 0.802. The Morgan fingerprint density at radius 1 is 0.244 bits per heavy atom. The summed E-state index contributed by atoms with van der Waals surface area (Å²) in [6.45, 7) is 93.2. The van der Waals surface area contributed by atoms with E-state index in [0.717, 1.165) is 33.4 Å². The Bertz CT molecular complexity index is 5510. The Kier molecular flexibility index (Phi) is 34.6. The van der Waals surface area contributed by atoms with E-state index in [1.807, 2.05) is 129 Å². The van der Waals surface area contributed by atoms with Crippen LogP contribution in [0.3, 0.4) is 0 Å². The molecule has 131 heavy (non-hydrogen) atoms. The molecule has 0 saturated carbocycles. The molecule has 0 fully saturated rings. The molecule has 0 atom stereocenters. The Morgan fingerprint density at radius 3 is 0.809 bits per heavy atom. The molecular formula is C131H190. The van der Waals surface area contributed by atoms with Gasteiger partial charge in [0.25, 0.3) is 0 Å². The van der Waals surface area contributed by atoms with E-state index in [1.54, 1.807) is 36.4 Å². The third-order valence-electron chi connectivity index (χ3n) is 23.1. The Balaban J connectivity index is 0.000000344. The average molecular weight is 1780 g/mol. The molecule has 0 radical (unpaired) electrons. The van der Waals surface area contributed by atoms with Gasteiger partial charge in [0.1, 0.15) is 0 Å². The molecular weight excluding hydrogens is 1570 g/mol. The molecule has 0 aliphatic carbocycles. The zero-order valence-corrected chi connectivity index (χ0v) is 91.2. The van der Waals surface area contributed by atoms with E-state index in [4.69, 9.17) is 17.8 Å². The lowest BCUT2D eigenvalue weighted by Gasteiger charge is -2.33. The van der Waals surface area contributed by atoms with Crippen molar-refractivity contribution in [1.29, 1.82) is 0 Å². The highest BCUT2D eigenvalue weighted by molar-refractivity contribution is 5.80. The van der Waals surface area contributed by atoms with Crippen molar-refractivity contribution in [2.45, 2.75) is 415 Å². The number of benzene rings is 11. The fourth-order valence-corrected chi connectivity index (χ4v) is 17.1. The van der Waals surface area contributed by atoms with Crippen LogP contribution >= 0.6 is 0 Å². The van der Waals surface area contributed by atoms with Gasteiger partial charge in [0, 0.05) is 17.8 Å². The van der Waals surface area contributed by atoms with Crippen LogP contribution in [0.25, 0.3) is 33.4 Å². The lowest BCUT2D eigenvalue weighted by Crippen LogP contribution is -2.24. The zero-order chi connectivity index (χ0) is 111. The van der Waals surface area contributed by atoms with Crippen LogP contribution in [0.15, 0.2) is 243 Å². The maximum Gasteiger partial charge on any atom is 0.0347 e. The minimum Gasteiger partial charge on any atom is -0.0625 e. The SMILES string of the molecule is CC(C)(C)c1c(-c2ccccc2)cccc1-c1ccccc1.CC(C)(C)c1cc(C(C)(C)C)cc(C(C)(C)C)c1.CC(C)(C)c1ccccc1-c1ccccc1.[2H]C(C)(C)c1cccc(C(C)(C)C)c1C(C)(C)C.[2H]C(C)(C)c1ccccc1C(C)(C)C.[2H]C([2H])(C)c1cccc(C([2H])([2H])C)c1C(C)(C)C.[2H]C([2H])([2H])c1cc(C)c(C(C)(C)C)c(C)c1.[2H]C([2H])(c1cccc(C([2H])([2H])C(C)C)c1C(C)(C)C)C(C)C. The highest BCUT2D eigenvalue weighted by Crippen LogP contribution is 2.44. The van der Waals surface area contributed by atoms with Gasteiger partial charge >= 0.3 is 0 Å². The van der Waals surface area contributed by atoms with Gasteiger partial charge in [0.05, 0.1) is 0 Å². The summed E-state index contributed by atoms with van der Waals surface area (Å²) in [5.74, 6) is -1.41. The van der Waals surface area contributed by atoms with Crippen molar-refractivity contribution < 1.29 is 17.8 Å². The second-order valence-corrected chi connectivity index (χ2v) is 48.2. The zero-order valence-electron chi connectivity index (χ0n) is 104. The molecule has 0 nitrogen and oxygen atoms in total. The molecule has 0 heterocycles. The Morgan fingerprint density at radius 2 is 0.511 bits per heavy atom. The van der Waals surface area contributed by atoms with Gasteiger partial charge in [0.15, 0.2) is 0 Å². The second-order valence-electron chi connectivity index (χ2n) is 48.2. The van der Waals surface area contributed by atoms with Crippen LogP contribution in [-0.4, -0.2) is 0 Å². The summed E-state index contributed by atoms with van der Waals surface area (Å²) in [4.78, 5) is 0. The summed E-state index contributed by atoms with van der Waals surface area (Å²) in [5, 5.41) is 0. The second kappa shape index (κ2) is 48.1. The van der Waals surface area contributed by atoms with E-state index < -0.39 is 44.1 Å². The molecule has 0 bridgehead atoms. The quantitative estimate of drug-likeness (QED) is 0.121. The molecule has 0 heteroatoms. The molecule has 0 unspecified atom stereocenters. The van der Waals surface area contributed by atoms with Gasteiger partial charge in [-0.3, -0.25) is 0 Å². The molecule has 11 aromatic rings. The number of hydrogen-bond donors (Lipinski definition) is 0. The molecule has 0 N–H and O–H groups in total. The first kappa shape index (κ1) is 94.2. The topological polar surface area (TPSA) is 0 Å². The maximum absolute atomic E-state index is 8.50. The van der Waals surface area contributed by atoms with Crippen LogP contribution in [0.5, 0.6) is 0 Å². The van der Waals surface area contributed by atoms with Crippen molar-refractivity contribution in [2.75, 3.05) is 0 Å². The van der Waals surface area contributed by atoms with Crippen LogP contribution in [0.2, 0.25) is 0 Å². The van der Waals surface area contributed by atoms with Crippen molar-refractivity contribution in [3.05, 3.63) is 354 Å². The molecule has 0 saturated heterocycles. The standard InChI is InChI=1S/C22H22.2C18H30.C17H28.C16H18.C14H22.2C13H20/c1-22(2,3)21-19(17-11-6-4-7-12-17)15-10-16-20(21)18-13-8-5-9-14-18;1-16(2,3)13-10-14(17(4,5)6)12-15(11-13)18(7,8)9;1-13(2)11-15-9-8-10-16(12-14(3)4)17(15)18(5,6)7;1-12(2)13-10-9-11-14(16(3,4)5)15(13)17(6,7)8;1-16(2,3)15-12-8-7-11-14(15)13-9-5-4-6-10-13;1-6-11-9-8-10-12(7-2)13(11)14(3,4)5;1-9-7-10(2)12(11(3)8-9)13(4,5)6;1-10(2)11-8-6-7-9-12(11)13(3,4)5/h4-16H,1-3H3;10-12H,1-9H3;8-10,13-14H,11-12H2,1-7H3;9-12H,1-8H3;4-12H,1-3H3;8-10H,6-7H2,1-5H3;7-8H,1-6H3;6-10H,1-5H3/i;;11D2,12D2;12D;;6D2,7D2;1D3;10D. The Labute approximate surface area is 827 Å². The lowest BCUT2D eigenvalue weighted by atomic mass is 9.71. The van der Waals surface area contributed by atoms with Crippen LogP contribution in [0, 0.1) is 32.5 Å². The number of hydrogen-bond acceptors (Lipinski definition) is 0. The van der Waals surface area contributed by atoms with Gasteiger partial charge in [0.2, 0.25) is 0 Å². The smallest absolute Gasteiger partial charge is 0.0347 e. The van der Waals surface area contributed by atoms with Crippen LogP contribution in [0.4, 0.5) is 0 Å². The molecule has 0 aromatic heterocycles. The van der Waals surface area contributed by atoms with Crippen LogP contribution in [0.1, 0.15) is 439 Å². The first-order valence-corrected chi connectivity index (χ1v) is 48.4. The minimum absolute atomic E-state index is 0.0570. The van der Waals surface area contributed by atoms with Crippen LogP contribution < -0.4 is 0 Å². The third-order valence-corrected chi connectivity index (χ3v) is 23.1. The highest BCUT2D eigenvalue weighted by atomic mass is 14.4. The third kappa shape index (κ3) is 36.0. The molecule has 11 rings (SSSR count). The molecule has 11 aromatic carbocycles. The van der Waals surface area contributed by atoms with E-state index >= 15 is 0 Å². The Hall–Kier alpha value is -8.58. The molecule has 0 spiro atoms. The van der Waals surface area contributed by atoms with Gasteiger partial charge in [-0.1, -0.05) is 546 Å². The van der Waals surface area contributed by atoms with Crippen molar-refractivity contribution >= 4 is 0 Å². The van der Waals surface area contributed by atoms with E-state index in [-0.39, 0.29) is 71.4 Å². The molecule has 0 amide bonds. The summed E-state index contributed by atoms with van der Waals surface area (Å²) >= 11 is 0. The lowest BCUT2D eigenvalue weighted by molar-refractivity contribution is 0.521. The summed E-state index contributed by atoms with van der Waals surface area (Å²) in [5.41, 5.74) is 29.8. The van der Waals surface area contributed by atoms with E-state index in [2.05, 4.69) is 375 Å². The van der Waals surface area contributed by atoms with Crippen LogP contribution in [-0.2, 0) is 85.1 Å². The van der Waals surface area contributed by atoms with Crippen molar-refractivity contribution in [3.63, 3.8) is 0 Å². The summed E-state index contributed by atoms with van der Waals surface area (Å²) < 4.78 is 105. The fraction of sp³-hybridized carbons (Fsp3) is 0.496. The van der Waals surface area contributed by atoms with Crippen molar-refractivity contribution in [2.24, 2.45) is 11.8 Å². The van der Waals surface area contributed by atoms with E-state index in [0.29, 0.717) is 27.8 Å². The van der Waals surface area contributed by atoms with E-state index in [1.165, 1.54) is 97.3 Å². The van der Waals surface area contributed by atoms with Gasteiger partial charge < -0.3 is 0 Å². The number of rotatable bonds is 11. The van der Waals surface area contributed by atoms with Gasteiger partial charge in [-0.05, 0) is 268 Å². The van der Waals surface area contributed by atoms with E-state index in [9.17, 15) is 0 Å². The summed E-state index contributed by atoms with van der Waals surface area (Å²) in [7, 11) is 0. The first-order valence-electron chi connectivity index (χ1n) is 54.9. The molecule has 0 aliphatic heterocycles. The van der Waals surface area contributed by atoms with Gasteiger partial charge in [-0.2, -0.15) is 0 Å². The monoisotopic (exact) mass is 1780 g/mol. The summed E-state index contributed by atoms with van der Waals surface area (Å²) in [6, 6.07) is 83.4. The van der Waals surface area contributed by atoms with Crippen molar-refractivity contribution in [3.8, 4) is 33.4 Å². The predicted octanol–water partition coefficient (Wildman–Crippen LogP) is 39.5. The van der Waals surface area contributed by atoms with Gasteiger partial charge in [-0.25, -0.2) is 0 Å². The highest BCUT2D eigenvalue weighted by Gasteiger charge is 2.31. The largest absolute Gasteiger partial charge is 0.0625 e. The summed E-state index contributed by atoms with van der Waals surface area (Å²) in [6.07, 6.45) is -5.90. The number of aryl methyl sites for hydroxylation is 5. The molecule has 714 valence electrons. The normalized spacial score (nSPS) is 14.5. The van der Waals surface area contributed by atoms with Gasteiger partial charge in [-0.15, -0.1) is 0 Å². The first-order chi connectivity index (χ1) is 64.7. The maximum atomic E-state index is 8.50. The predicted molar refractivity (Wildman–Crippen MR) is 592 cm³/mol. The fourth-order valence-electron chi connectivity index (χ4n) is 17.1.